The number of benzene rings is 2. The minimum Gasteiger partial charge on any atom is -0.482 e. The maximum Gasteiger partial charge on any atom is 0.277 e. The van der Waals surface area contributed by atoms with Gasteiger partial charge in [-0.3, -0.25) is 4.79 Å². The van der Waals surface area contributed by atoms with Crippen molar-refractivity contribution >= 4 is 35.0 Å². The van der Waals surface area contributed by atoms with Crippen molar-refractivity contribution in [2.24, 2.45) is 5.10 Å². The molecular weight excluding hydrogens is 412 g/mol. The Morgan fingerprint density at radius 2 is 1.93 bits per heavy atom. The molecular formula is C20H17ClN4O3S. The van der Waals surface area contributed by atoms with Crippen molar-refractivity contribution in [3.05, 3.63) is 71.1 Å². The van der Waals surface area contributed by atoms with Crippen molar-refractivity contribution in [1.29, 1.82) is 0 Å². The number of carbonyl (C=O) groups excluding carboxylic acids is 1. The fraction of sp³-hybridized carbons (Fsp3) is 0.200. The molecule has 7 nitrogen and oxygen atoms in total. The van der Waals surface area contributed by atoms with E-state index in [4.69, 9.17) is 20.8 Å². The van der Waals surface area contributed by atoms with E-state index >= 15 is 0 Å². The van der Waals surface area contributed by atoms with E-state index in [1.165, 1.54) is 16.8 Å². The van der Waals surface area contributed by atoms with E-state index in [-0.39, 0.29) is 18.3 Å². The molecule has 4 rings (SSSR count). The van der Waals surface area contributed by atoms with Crippen LogP contribution in [0.3, 0.4) is 0 Å². The number of hydrazone groups is 1. The number of aromatic nitrogens is 2. The van der Waals surface area contributed by atoms with Crippen LogP contribution in [0.4, 0.5) is 0 Å². The molecule has 3 aromatic rings. The number of amides is 1. The average Bonchev–Trinajstić information content (AvgIpc) is 3.42. The lowest BCUT2D eigenvalue weighted by Crippen LogP contribution is -2.25. The number of carbonyl (C=O) groups is 1. The molecule has 1 amide bonds. The summed E-state index contributed by atoms with van der Waals surface area (Å²) < 4.78 is 11.1. The van der Waals surface area contributed by atoms with Crippen LogP contribution in [0.15, 0.2) is 69.3 Å². The fourth-order valence-corrected chi connectivity index (χ4v) is 3.56. The molecule has 0 unspecified atom stereocenters. The second-order valence-corrected chi connectivity index (χ2v) is 7.48. The van der Waals surface area contributed by atoms with Crippen molar-refractivity contribution in [2.45, 2.75) is 18.3 Å². The van der Waals surface area contributed by atoms with Gasteiger partial charge in [-0.2, -0.15) is 5.10 Å². The molecule has 0 N–H and O–H groups in total. The monoisotopic (exact) mass is 428 g/mol. The van der Waals surface area contributed by atoms with Gasteiger partial charge in [0.05, 0.1) is 23.0 Å². The maximum absolute atomic E-state index is 12.4. The molecule has 0 bridgehead atoms. The molecule has 1 aliphatic rings. The van der Waals surface area contributed by atoms with E-state index < -0.39 is 0 Å². The highest BCUT2D eigenvalue weighted by Crippen LogP contribution is 2.25. The first kappa shape index (κ1) is 19.5. The number of ether oxygens (including phenoxy) is 1. The Hall–Kier alpha value is -2.84. The summed E-state index contributed by atoms with van der Waals surface area (Å²) in [5.74, 6) is 0.912. The minimum absolute atomic E-state index is 0.0993. The number of thioether (sulfide) groups is 1. The Morgan fingerprint density at radius 3 is 2.76 bits per heavy atom. The lowest BCUT2D eigenvalue weighted by Gasteiger charge is -2.09. The molecule has 2 aromatic carbocycles. The zero-order valence-electron chi connectivity index (χ0n) is 15.3. The molecule has 0 spiro atoms. The number of para-hydroxylation sites is 1. The van der Waals surface area contributed by atoms with Crippen LogP contribution in [-0.2, 0) is 11.4 Å². The molecule has 0 radical (unpaired) electrons. The highest BCUT2D eigenvalue weighted by atomic mass is 35.5. The summed E-state index contributed by atoms with van der Waals surface area (Å²) >= 11 is 7.22. The summed E-state index contributed by atoms with van der Waals surface area (Å²) in [6.07, 6.45) is 0.741. The lowest BCUT2D eigenvalue weighted by atomic mass is 10.1. The number of hydrogen-bond donors (Lipinski definition) is 0. The van der Waals surface area contributed by atoms with Crippen LogP contribution in [0.25, 0.3) is 0 Å². The molecule has 29 heavy (non-hydrogen) atoms. The van der Waals surface area contributed by atoms with Gasteiger partial charge in [0.1, 0.15) is 5.75 Å². The highest BCUT2D eigenvalue weighted by molar-refractivity contribution is 7.99. The number of rotatable bonds is 7. The zero-order valence-corrected chi connectivity index (χ0v) is 16.9. The maximum atomic E-state index is 12.4. The van der Waals surface area contributed by atoms with E-state index in [0.717, 1.165) is 17.7 Å². The molecule has 1 aliphatic heterocycles. The third-order valence-corrected chi connectivity index (χ3v) is 5.27. The van der Waals surface area contributed by atoms with Gasteiger partial charge in [-0.25, -0.2) is 5.01 Å². The summed E-state index contributed by atoms with van der Waals surface area (Å²) in [5, 5.41) is 14.6. The summed E-state index contributed by atoms with van der Waals surface area (Å²) in [5.41, 5.74) is 1.95. The SMILES string of the molecule is O=C(CSc1nnc(COc2ccccc2Cl)o1)N1CCC(c2ccccc2)=N1. The summed E-state index contributed by atoms with van der Waals surface area (Å²) in [4.78, 5) is 12.4. The van der Waals surface area contributed by atoms with Gasteiger partial charge in [0.25, 0.3) is 17.0 Å². The molecule has 2 heterocycles. The number of halogens is 1. The molecule has 1 aromatic heterocycles. The van der Waals surface area contributed by atoms with Crippen LogP contribution in [0.2, 0.25) is 5.02 Å². The van der Waals surface area contributed by atoms with E-state index in [9.17, 15) is 4.79 Å². The third kappa shape index (κ3) is 4.96. The molecule has 9 heteroatoms. The molecule has 0 saturated heterocycles. The first-order valence-corrected chi connectivity index (χ1v) is 10.3. The van der Waals surface area contributed by atoms with Crippen LogP contribution < -0.4 is 4.74 Å². The number of hydrogen-bond acceptors (Lipinski definition) is 7. The van der Waals surface area contributed by atoms with Crippen molar-refractivity contribution in [1.82, 2.24) is 15.2 Å². The van der Waals surface area contributed by atoms with Gasteiger partial charge in [-0.05, 0) is 17.7 Å². The second kappa shape index (κ2) is 9.11. The molecule has 0 saturated carbocycles. The third-order valence-electron chi connectivity index (χ3n) is 4.15. The average molecular weight is 429 g/mol. The number of nitrogens with zero attached hydrogens (tertiary/aromatic N) is 4. The summed E-state index contributed by atoms with van der Waals surface area (Å²) in [6.45, 7) is 0.673. The Balaban J connectivity index is 1.28. The van der Waals surface area contributed by atoms with Gasteiger partial charge < -0.3 is 9.15 Å². The predicted octanol–water partition coefficient (Wildman–Crippen LogP) is 4.03. The summed E-state index contributed by atoms with van der Waals surface area (Å²) in [6, 6.07) is 17.0. The van der Waals surface area contributed by atoms with E-state index in [2.05, 4.69) is 15.3 Å². The summed E-state index contributed by atoms with van der Waals surface area (Å²) in [7, 11) is 0. The van der Waals surface area contributed by atoms with E-state index in [0.29, 0.717) is 28.4 Å². The van der Waals surface area contributed by atoms with E-state index in [1.807, 2.05) is 42.5 Å². The van der Waals surface area contributed by atoms with Crippen molar-refractivity contribution in [3.63, 3.8) is 0 Å². The van der Waals surface area contributed by atoms with Gasteiger partial charge in [-0.15, -0.1) is 10.2 Å². The lowest BCUT2D eigenvalue weighted by molar-refractivity contribution is -0.127. The van der Waals surface area contributed by atoms with Gasteiger partial charge in [0.2, 0.25) is 0 Å². The Labute approximate surface area is 176 Å². The van der Waals surface area contributed by atoms with Crippen molar-refractivity contribution < 1.29 is 13.9 Å². The minimum atomic E-state index is -0.104. The molecule has 148 valence electrons. The highest BCUT2D eigenvalue weighted by Gasteiger charge is 2.22. The van der Waals surface area contributed by atoms with Gasteiger partial charge in [-0.1, -0.05) is 65.8 Å². The quantitative estimate of drug-likeness (QED) is 0.528. The topological polar surface area (TPSA) is 80.8 Å². The van der Waals surface area contributed by atoms with Gasteiger partial charge >= 0.3 is 0 Å². The molecule has 0 aliphatic carbocycles. The van der Waals surface area contributed by atoms with Gasteiger partial charge in [0, 0.05) is 6.42 Å². The Morgan fingerprint density at radius 1 is 1.14 bits per heavy atom. The predicted molar refractivity (Wildman–Crippen MR) is 110 cm³/mol. The van der Waals surface area contributed by atoms with Crippen molar-refractivity contribution in [3.8, 4) is 5.75 Å². The molecule has 0 fully saturated rings. The van der Waals surface area contributed by atoms with Crippen molar-refractivity contribution in [2.75, 3.05) is 12.3 Å². The van der Waals surface area contributed by atoms with Crippen LogP contribution in [0.1, 0.15) is 17.9 Å². The normalized spacial score (nSPS) is 13.4. The van der Waals surface area contributed by atoms with Crippen LogP contribution in [-0.4, -0.2) is 39.1 Å². The van der Waals surface area contributed by atoms with E-state index in [1.54, 1.807) is 12.1 Å². The Bertz CT molecular complexity index is 1030. The largest absolute Gasteiger partial charge is 0.482 e. The smallest absolute Gasteiger partial charge is 0.277 e. The fourth-order valence-electron chi connectivity index (χ4n) is 2.72. The van der Waals surface area contributed by atoms with Gasteiger partial charge in [0.15, 0.2) is 6.61 Å². The first-order valence-electron chi connectivity index (χ1n) is 8.95. The molecule has 0 atom stereocenters. The Kier molecular flexibility index (Phi) is 6.12. The van der Waals surface area contributed by atoms with Crippen LogP contribution >= 0.6 is 23.4 Å². The zero-order chi connectivity index (χ0) is 20.1. The van der Waals surface area contributed by atoms with Crippen LogP contribution in [0, 0.1) is 0 Å². The standard InChI is InChI=1S/C20H17ClN4O3S/c21-15-8-4-5-9-17(15)27-12-18-22-23-20(28-18)29-13-19(26)25-11-10-16(24-25)14-6-2-1-3-7-14/h1-9H,10-13H2. The first-order chi connectivity index (χ1) is 14.2. The van der Waals surface area contributed by atoms with Crippen LogP contribution in [0.5, 0.6) is 5.75 Å². The second-order valence-electron chi connectivity index (χ2n) is 6.15.